The van der Waals surface area contributed by atoms with Gasteiger partial charge in [0.2, 0.25) is 5.82 Å². The Morgan fingerprint density at radius 1 is 1.25 bits per heavy atom. The first kappa shape index (κ1) is 11.1. The Labute approximate surface area is 99.4 Å². The molecule has 2 aromatic rings. The zero-order valence-corrected chi connectivity index (χ0v) is 10.0. The third-order valence-corrected chi connectivity index (χ3v) is 2.41. The van der Waals surface area contributed by atoms with Crippen molar-refractivity contribution in [1.82, 2.24) is 10.1 Å². The van der Waals surface area contributed by atoms with Gasteiger partial charge in [-0.2, -0.15) is 4.98 Å². The first-order valence-electron chi connectivity index (χ1n) is 5.23. The van der Waals surface area contributed by atoms with Gasteiger partial charge in [0.05, 0.1) is 0 Å². The lowest BCUT2D eigenvalue weighted by Crippen LogP contribution is -1.93. The van der Waals surface area contributed by atoms with Crippen LogP contribution >= 0.6 is 11.6 Å². The molecule has 0 amide bonds. The maximum atomic E-state index is 5.57. The molecule has 0 bridgehead atoms. The molecule has 0 N–H and O–H groups in total. The lowest BCUT2D eigenvalue weighted by molar-refractivity contribution is 0.421. The predicted octanol–water partition coefficient (Wildman–Crippen LogP) is 3.59. The highest BCUT2D eigenvalue weighted by Crippen LogP contribution is 2.19. The highest BCUT2D eigenvalue weighted by molar-refractivity contribution is 6.27. The summed E-state index contributed by atoms with van der Waals surface area (Å²) in [6, 6.07) is 8.14. The Hall–Kier alpha value is -1.35. The van der Waals surface area contributed by atoms with E-state index in [0.717, 1.165) is 12.0 Å². The topological polar surface area (TPSA) is 38.9 Å². The summed E-state index contributed by atoms with van der Waals surface area (Å²) in [5, 5.41) is 3.83. The fraction of sp³-hybridized carbons (Fsp3) is 0.333. The Bertz CT molecular complexity index is 462. The van der Waals surface area contributed by atoms with Crippen LogP contribution in [-0.4, -0.2) is 10.1 Å². The van der Waals surface area contributed by atoms with Crippen LogP contribution in [0.15, 0.2) is 28.8 Å². The number of hydrogen-bond donors (Lipinski definition) is 0. The van der Waals surface area contributed by atoms with Gasteiger partial charge in [0.15, 0.2) is 0 Å². The number of rotatable bonds is 3. The molecule has 1 aromatic carbocycles. The SMILES string of the molecule is CC(C)Cc1ccc(-c2noc(Cl)n2)cc1. The van der Waals surface area contributed by atoms with Crippen LogP contribution in [0.4, 0.5) is 0 Å². The summed E-state index contributed by atoms with van der Waals surface area (Å²) in [5.41, 5.74) is 2.23. The van der Waals surface area contributed by atoms with Crippen LogP contribution in [-0.2, 0) is 6.42 Å². The Balaban J connectivity index is 2.19. The molecule has 0 aliphatic heterocycles. The van der Waals surface area contributed by atoms with E-state index in [1.54, 1.807) is 0 Å². The molecule has 16 heavy (non-hydrogen) atoms. The van der Waals surface area contributed by atoms with Crippen molar-refractivity contribution in [3.05, 3.63) is 35.2 Å². The monoisotopic (exact) mass is 236 g/mol. The van der Waals surface area contributed by atoms with Gasteiger partial charge in [-0.1, -0.05) is 43.3 Å². The van der Waals surface area contributed by atoms with Crippen molar-refractivity contribution in [2.24, 2.45) is 5.92 Å². The third-order valence-electron chi connectivity index (χ3n) is 2.26. The highest BCUT2D eigenvalue weighted by atomic mass is 35.5. The molecule has 0 radical (unpaired) electrons. The Morgan fingerprint density at radius 2 is 1.94 bits per heavy atom. The summed E-state index contributed by atoms with van der Waals surface area (Å²) < 4.78 is 4.72. The fourth-order valence-electron chi connectivity index (χ4n) is 1.58. The molecule has 3 nitrogen and oxygen atoms in total. The summed E-state index contributed by atoms with van der Waals surface area (Å²) >= 11 is 5.57. The summed E-state index contributed by atoms with van der Waals surface area (Å²) in [6.45, 7) is 4.40. The van der Waals surface area contributed by atoms with E-state index >= 15 is 0 Å². The zero-order chi connectivity index (χ0) is 11.5. The average Bonchev–Trinajstić information content (AvgIpc) is 2.65. The first-order chi connectivity index (χ1) is 7.65. The number of benzene rings is 1. The summed E-state index contributed by atoms with van der Waals surface area (Å²) in [7, 11) is 0. The van der Waals surface area contributed by atoms with E-state index in [9.17, 15) is 0 Å². The maximum absolute atomic E-state index is 5.57. The smallest absolute Gasteiger partial charge is 0.320 e. The molecule has 1 aromatic heterocycles. The molecule has 84 valence electrons. The van der Waals surface area contributed by atoms with E-state index in [4.69, 9.17) is 16.1 Å². The quantitative estimate of drug-likeness (QED) is 0.818. The lowest BCUT2D eigenvalue weighted by Gasteiger charge is -2.04. The van der Waals surface area contributed by atoms with Crippen LogP contribution in [0, 0.1) is 5.92 Å². The predicted molar refractivity (Wildman–Crippen MR) is 63.3 cm³/mol. The molecule has 0 fully saturated rings. The molecule has 0 unspecified atom stereocenters. The van der Waals surface area contributed by atoms with Gasteiger partial charge in [-0.05, 0) is 29.5 Å². The van der Waals surface area contributed by atoms with Crippen LogP contribution < -0.4 is 0 Å². The Morgan fingerprint density at radius 3 is 2.44 bits per heavy atom. The molecule has 0 aliphatic rings. The fourth-order valence-corrected chi connectivity index (χ4v) is 1.70. The molecular weight excluding hydrogens is 224 g/mol. The molecule has 1 heterocycles. The molecule has 0 spiro atoms. The first-order valence-corrected chi connectivity index (χ1v) is 5.61. The van der Waals surface area contributed by atoms with E-state index < -0.39 is 0 Å². The van der Waals surface area contributed by atoms with Crippen molar-refractivity contribution in [2.75, 3.05) is 0 Å². The second-order valence-electron chi connectivity index (χ2n) is 4.17. The van der Waals surface area contributed by atoms with Crippen molar-refractivity contribution in [3.63, 3.8) is 0 Å². The average molecular weight is 237 g/mol. The van der Waals surface area contributed by atoms with Gasteiger partial charge in [0, 0.05) is 5.56 Å². The van der Waals surface area contributed by atoms with E-state index in [1.165, 1.54) is 5.56 Å². The molecule has 2 rings (SSSR count). The van der Waals surface area contributed by atoms with E-state index in [0.29, 0.717) is 11.7 Å². The second-order valence-corrected chi connectivity index (χ2v) is 4.49. The highest BCUT2D eigenvalue weighted by Gasteiger charge is 2.06. The molecular formula is C12H13ClN2O. The third kappa shape index (κ3) is 2.61. The molecule has 0 aliphatic carbocycles. The summed E-state index contributed by atoms with van der Waals surface area (Å²) in [6.07, 6.45) is 1.08. The van der Waals surface area contributed by atoms with Gasteiger partial charge in [0.25, 0.3) is 0 Å². The van der Waals surface area contributed by atoms with Gasteiger partial charge in [0.1, 0.15) is 0 Å². The van der Waals surface area contributed by atoms with Crippen molar-refractivity contribution < 1.29 is 4.52 Å². The van der Waals surface area contributed by atoms with Gasteiger partial charge >= 0.3 is 5.35 Å². The van der Waals surface area contributed by atoms with Gasteiger partial charge in [-0.25, -0.2) is 0 Å². The van der Waals surface area contributed by atoms with Gasteiger partial charge < -0.3 is 4.52 Å². The standard InChI is InChI=1S/C12H13ClN2O/c1-8(2)7-9-3-5-10(6-4-9)11-14-12(13)16-15-11/h3-6,8H,7H2,1-2H3. The van der Waals surface area contributed by atoms with E-state index in [-0.39, 0.29) is 5.35 Å². The minimum Gasteiger partial charge on any atom is -0.321 e. The molecule has 0 atom stereocenters. The largest absolute Gasteiger partial charge is 0.321 e. The normalized spacial score (nSPS) is 11.0. The van der Waals surface area contributed by atoms with Crippen LogP contribution in [0.5, 0.6) is 0 Å². The Kier molecular flexibility index (Phi) is 3.25. The number of halogens is 1. The number of aromatic nitrogens is 2. The maximum Gasteiger partial charge on any atom is 0.320 e. The number of nitrogens with zero attached hydrogens (tertiary/aromatic N) is 2. The van der Waals surface area contributed by atoms with Crippen LogP contribution in [0.1, 0.15) is 19.4 Å². The second kappa shape index (κ2) is 4.66. The van der Waals surface area contributed by atoms with E-state index in [2.05, 4.69) is 36.1 Å². The van der Waals surface area contributed by atoms with Crippen LogP contribution in [0.25, 0.3) is 11.4 Å². The molecule has 0 saturated carbocycles. The van der Waals surface area contributed by atoms with Crippen molar-refractivity contribution in [3.8, 4) is 11.4 Å². The zero-order valence-electron chi connectivity index (χ0n) is 9.27. The van der Waals surface area contributed by atoms with Crippen molar-refractivity contribution >= 4 is 11.6 Å². The van der Waals surface area contributed by atoms with Crippen LogP contribution in [0.2, 0.25) is 5.35 Å². The molecule has 0 saturated heterocycles. The summed E-state index contributed by atoms with van der Waals surface area (Å²) in [5.74, 6) is 1.19. The van der Waals surface area contributed by atoms with Crippen molar-refractivity contribution in [2.45, 2.75) is 20.3 Å². The van der Waals surface area contributed by atoms with Gasteiger partial charge in [-0.15, -0.1) is 0 Å². The van der Waals surface area contributed by atoms with Crippen LogP contribution in [0.3, 0.4) is 0 Å². The number of hydrogen-bond acceptors (Lipinski definition) is 3. The summed E-state index contributed by atoms with van der Waals surface area (Å²) in [4.78, 5) is 3.96. The minimum atomic E-state index is 0.0706. The molecule has 4 heteroatoms. The lowest BCUT2D eigenvalue weighted by atomic mass is 10.0. The van der Waals surface area contributed by atoms with E-state index in [1.807, 2.05) is 12.1 Å². The minimum absolute atomic E-state index is 0.0706. The van der Waals surface area contributed by atoms with Crippen molar-refractivity contribution in [1.29, 1.82) is 0 Å². The van der Waals surface area contributed by atoms with Gasteiger partial charge in [-0.3, -0.25) is 0 Å².